The Kier molecular flexibility index (Phi) is 4.17. The molecule has 0 aliphatic rings. The van der Waals surface area contributed by atoms with Gasteiger partial charge in [0.15, 0.2) is 0 Å². The van der Waals surface area contributed by atoms with E-state index in [0.717, 1.165) is 22.3 Å². The first kappa shape index (κ1) is 15.3. The van der Waals surface area contributed by atoms with Crippen LogP contribution in [-0.4, -0.2) is 28.2 Å². The first-order valence-electron chi connectivity index (χ1n) is 7.66. The highest BCUT2D eigenvalue weighted by Gasteiger charge is 2.16. The number of rotatable bonds is 5. The van der Waals surface area contributed by atoms with Gasteiger partial charge in [-0.15, -0.1) is 0 Å². The molecule has 118 valence electrons. The zero-order valence-corrected chi connectivity index (χ0v) is 13.4. The number of aryl methyl sites for hydroxylation is 1. The summed E-state index contributed by atoms with van der Waals surface area (Å²) in [4.78, 5) is 7.50. The molecule has 1 unspecified atom stereocenters. The van der Waals surface area contributed by atoms with Crippen LogP contribution in [-0.2, 0) is 6.42 Å². The number of hydrogen-bond donors (Lipinski definition) is 3. The smallest absolute Gasteiger partial charge is 0.102 e. The van der Waals surface area contributed by atoms with Crippen LogP contribution in [0.25, 0.3) is 22.0 Å². The average Bonchev–Trinajstić information content (AvgIpc) is 2.87. The van der Waals surface area contributed by atoms with E-state index in [1.165, 1.54) is 10.9 Å². The summed E-state index contributed by atoms with van der Waals surface area (Å²) in [7, 11) is 1.83. The van der Waals surface area contributed by atoms with E-state index in [1.807, 2.05) is 19.2 Å². The van der Waals surface area contributed by atoms with Crippen LogP contribution >= 0.6 is 0 Å². The van der Waals surface area contributed by atoms with Crippen molar-refractivity contribution in [2.45, 2.75) is 19.4 Å². The highest BCUT2D eigenvalue weighted by molar-refractivity contribution is 5.89. The highest BCUT2D eigenvalue weighted by atomic mass is 16.3. The molecular formula is C19H21N3O. The number of aliphatic hydroxyl groups is 1. The van der Waals surface area contributed by atoms with Gasteiger partial charge >= 0.3 is 0 Å². The number of nitrogens with one attached hydrogen (secondary N) is 2. The van der Waals surface area contributed by atoms with E-state index in [9.17, 15) is 5.11 Å². The first-order valence-corrected chi connectivity index (χ1v) is 7.66. The summed E-state index contributed by atoms with van der Waals surface area (Å²) >= 11 is 0. The molecule has 3 N–H and O–H groups in total. The maximum Gasteiger partial charge on any atom is 0.102 e. The van der Waals surface area contributed by atoms with Crippen LogP contribution in [0.1, 0.15) is 11.3 Å². The molecule has 2 heterocycles. The van der Waals surface area contributed by atoms with Crippen LogP contribution in [0.2, 0.25) is 0 Å². The van der Waals surface area contributed by atoms with Crippen molar-refractivity contribution in [2.24, 2.45) is 0 Å². The summed E-state index contributed by atoms with van der Waals surface area (Å²) in [5, 5.41) is 14.0. The van der Waals surface area contributed by atoms with Crippen molar-refractivity contribution in [1.82, 2.24) is 15.3 Å². The Morgan fingerprint density at radius 1 is 1.26 bits per heavy atom. The molecule has 1 atom stereocenters. The fourth-order valence-electron chi connectivity index (χ4n) is 2.96. The minimum absolute atomic E-state index is 0.155. The van der Waals surface area contributed by atoms with Gasteiger partial charge in [-0.25, -0.2) is 0 Å². The van der Waals surface area contributed by atoms with Gasteiger partial charge < -0.3 is 15.4 Å². The number of fused-ring (bicyclic) bond motifs is 1. The minimum Gasteiger partial charge on any atom is -0.511 e. The summed E-state index contributed by atoms with van der Waals surface area (Å²) < 4.78 is 0. The summed E-state index contributed by atoms with van der Waals surface area (Å²) in [6.07, 6.45) is 4.29. The maximum atomic E-state index is 9.73. The molecule has 0 saturated carbocycles. The molecule has 3 aromatic rings. The largest absolute Gasteiger partial charge is 0.511 e. The molecule has 2 aromatic heterocycles. The Morgan fingerprint density at radius 2 is 2.00 bits per heavy atom. The molecule has 0 fully saturated rings. The van der Waals surface area contributed by atoms with Crippen molar-refractivity contribution in [1.29, 1.82) is 0 Å². The van der Waals surface area contributed by atoms with Crippen LogP contribution in [0.15, 0.2) is 55.1 Å². The summed E-state index contributed by atoms with van der Waals surface area (Å²) in [5.74, 6) is 0.159. The predicted octanol–water partition coefficient (Wildman–Crippen LogP) is 3.74. The number of aliphatic hydroxyl groups excluding tert-OH is 1. The van der Waals surface area contributed by atoms with Crippen molar-refractivity contribution in [3.8, 4) is 11.1 Å². The van der Waals surface area contributed by atoms with E-state index in [2.05, 4.69) is 47.0 Å². The van der Waals surface area contributed by atoms with E-state index < -0.39 is 0 Å². The van der Waals surface area contributed by atoms with Crippen LogP contribution in [0.3, 0.4) is 0 Å². The lowest BCUT2D eigenvalue weighted by atomic mass is 9.98. The van der Waals surface area contributed by atoms with Crippen molar-refractivity contribution in [3.05, 3.63) is 66.3 Å². The molecule has 0 spiro atoms. The van der Waals surface area contributed by atoms with Crippen LogP contribution in [0.5, 0.6) is 0 Å². The molecule has 4 nitrogen and oxygen atoms in total. The Bertz CT molecular complexity index is 836. The number of aromatic amines is 1. The van der Waals surface area contributed by atoms with Crippen LogP contribution < -0.4 is 5.32 Å². The van der Waals surface area contributed by atoms with Gasteiger partial charge in [-0.3, -0.25) is 4.98 Å². The standard InChI is InChI=1S/C19H21N3O/c1-12-16(11-19(20-3)13(2)23)17-10-15(4-5-18(17)22-12)14-6-8-21-9-7-14/h4-10,19-20,22-23H,2,11H2,1,3H3. The Hall–Kier alpha value is -2.59. The molecule has 1 aromatic carbocycles. The van der Waals surface area contributed by atoms with Gasteiger partial charge in [0.1, 0.15) is 5.76 Å². The molecule has 0 aliphatic heterocycles. The van der Waals surface area contributed by atoms with Gasteiger partial charge in [0, 0.05) is 29.0 Å². The zero-order chi connectivity index (χ0) is 16.4. The minimum atomic E-state index is -0.155. The van der Waals surface area contributed by atoms with E-state index in [4.69, 9.17) is 0 Å². The third kappa shape index (κ3) is 2.98. The number of pyridine rings is 1. The second kappa shape index (κ2) is 6.26. The number of H-pyrrole nitrogens is 1. The topological polar surface area (TPSA) is 60.9 Å². The van der Waals surface area contributed by atoms with Gasteiger partial charge in [0.2, 0.25) is 0 Å². The summed E-state index contributed by atoms with van der Waals surface area (Å²) in [5.41, 5.74) is 5.72. The Morgan fingerprint density at radius 3 is 2.65 bits per heavy atom. The van der Waals surface area contributed by atoms with E-state index >= 15 is 0 Å². The van der Waals surface area contributed by atoms with Gasteiger partial charge in [0.25, 0.3) is 0 Å². The normalized spacial score (nSPS) is 12.4. The molecule has 0 bridgehead atoms. The number of benzene rings is 1. The lowest BCUT2D eigenvalue weighted by molar-refractivity contribution is 0.349. The highest BCUT2D eigenvalue weighted by Crippen LogP contribution is 2.29. The third-order valence-electron chi connectivity index (χ3n) is 4.29. The molecular weight excluding hydrogens is 286 g/mol. The second-order valence-electron chi connectivity index (χ2n) is 5.76. The molecule has 0 saturated heterocycles. The molecule has 23 heavy (non-hydrogen) atoms. The van der Waals surface area contributed by atoms with Gasteiger partial charge in [-0.2, -0.15) is 0 Å². The van der Waals surface area contributed by atoms with Gasteiger partial charge in [-0.1, -0.05) is 12.6 Å². The number of likely N-dealkylation sites (N-methyl/N-ethyl adjacent to an activating group) is 1. The van der Waals surface area contributed by atoms with Gasteiger partial charge in [0.05, 0.1) is 6.04 Å². The average molecular weight is 307 g/mol. The zero-order valence-electron chi connectivity index (χ0n) is 13.4. The number of nitrogens with zero attached hydrogens (tertiary/aromatic N) is 1. The molecule has 4 heteroatoms. The second-order valence-corrected chi connectivity index (χ2v) is 5.76. The van der Waals surface area contributed by atoms with Crippen molar-refractivity contribution < 1.29 is 5.11 Å². The van der Waals surface area contributed by atoms with E-state index in [-0.39, 0.29) is 11.8 Å². The van der Waals surface area contributed by atoms with E-state index in [1.54, 1.807) is 12.4 Å². The third-order valence-corrected chi connectivity index (χ3v) is 4.29. The number of hydrogen-bond acceptors (Lipinski definition) is 3. The molecule has 0 aliphatic carbocycles. The lowest BCUT2D eigenvalue weighted by Gasteiger charge is -2.15. The maximum absolute atomic E-state index is 9.73. The monoisotopic (exact) mass is 307 g/mol. The first-order chi connectivity index (χ1) is 11.1. The Labute approximate surface area is 135 Å². The molecule has 0 amide bonds. The lowest BCUT2D eigenvalue weighted by Crippen LogP contribution is -2.29. The Balaban J connectivity index is 2.07. The van der Waals surface area contributed by atoms with Crippen molar-refractivity contribution in [3.63, 3.8) is 0 Å². The summed E-state index contributed by atoms with van der Waals surface area (Å²) in [6.45, 7) is 5.72. The fourth-order valence-corrected chi connectivity index (χ4v) is 2.96. The van der Waals surface area contributed by atoms with Crippen LogP contribution in [0, 0.1) is 6.92 Å². The van der Waals surface area contributed by atoms with Gasteiger partial charge in [-0.05, 0) is 61.3 Å². The van der Waals surface area contributed by atoms with Crippen molar-refractivity contribution in [2.75, 3.05) is 7.05 Å². The fraction of sp³-hybridized carbons (Fsp3) is 0.211. The summed E-state index contributed by atoms with van der Waals surface area (Å²) in [6, 6.07) is 10.3. The SMILES string of the molecule is C=C(O)C(Cc1c(C)[nH]c2ccc(-c3ccncc3)cc12)NC. The van der Waals surface area contributed by atoms with E-state index in [0.29, 0.717) is 6.42 Å². The van der Waals surface area contributed by atoms with Crippen molar-refractivity contribution >= 4 is 10.9 Å². The molecule has 3 rings (SSSR count). The predicted molar refractivity (Wildman–Crippen MR) is 94.6 cm³/mol. The van der Waals surface area contributed by atoms with Crippen LogP contribution in [0.4, 0.5) is 0 Å². The molecule has 0 radical (unpaired) electrons. The number of aromatic nitrogens is 2. The quantitative estimate of drug-likeness (QED) is 0.629.